The second kappa shape index (κ2) is 7.40. The number of nitrogens with one attached hydrogen (secondary N) is 1. The summed E-state index contributed by atoms with van der Waals surface area (Å²) >= 11 is 0. The number of aliphatic hydroxyl groups excluding tert-OH is 1. The predicted octanol–water partition coefficient (Wildman–Crippen LogP) is 0.539. The van der Waals surface area contributed by atoms with Crippen LogP contribution in [0.4, 0.5) is 23.1 Å². The van der Waals surface area contributed by atoms with Gasteiger partial charge in [-0.3, -0.25) is 15.0 Å². The molecular weight excluding hydrogens is 330 g/mol. The monoisotopic (exact) mass is 349 g/mol. The third-order valence-corrected chi connectivity index (χ3v) is 3.95. The molecule has 0 aliphatic carbocycles. The van der Waals surface area contributed by atoms with Gasteiger partial charge in [0.25, 0.3) is 0 Å². The van der Waals surface area contributed by atoms with Gasteiger partial charge in [0.2, 0.25) is 11.6 Å². The Hall–Kier alpha value is -2.79. The quantitative estimate of drug-likeness (QED) is 0.562. The molecule has 0 amide bonds. The van der Waals surface area contributed by atoms with E-state index in [4.69, 9.17) is 9.63 Å². The van der Waals surface area contributed by atoms with Crippen LogP contribution in [0.2, 0.25) is 0 Å². The van der Waals surface area contributed by atoms with E-state index in [1.54, 1.807) is 13.0 Å². The zero-order valence-electron chi connectivity index (χ0n) is 13.8. The molecule has 0 unspecified atom stereocenters. The first-order valence-corrected chi connectivity index (χ1v) is 7.86. The minimum Gasteiger partial charge on any atom is -0.395 e. The van der Waals surface area contributed by atoms with Crippen LogP contribution >= 0.6 is 0 Å². The number of rotatable bonds is 6. The molecule has 2 aromatic heterocycles. The summed E-state index contributed by atoms with van der Waals surface area (Å²) in [7, 11) is 0. The molecule has 1 aliphatic rings. The Morgan fingerprint density at radius 3 is 2.72 bits per heavy atom. The Labute approximate surface area is 143 Å². The molecule has 0 atom stereocenters. The van der Waals surface area contributed by atoms with Crippen molar-refractivity contribution >= 4 is 23.1 Å². The smallest absolute Gasteiger partial charge is 0.353 e. The highest BCUT2D eigenvalue weighted by molar-refractivity contribution is 5.73. The first-order valence-electron chi connectivity index (χ1n) is 7.86. The lowest BCUT2D eigenvalue weighted by molar-refractivity contribution is -0.383. The maximum absolute atomic E-state index is 11.6. The van der Waals surface area contributed by atoms with Crippen LogP contribution in [0.15, 0.2) is 16.9 Å². The van der Waals surface area contributed by atoms with Gasteiger partial charge in [0.05, 0.1) is 11.5 Å². The molecule has 0 spiro atoms. The van der Waals surface area contributed by atoms with E-state index in [9.17, 15) is 10.1 Å². The second-order valence-electron chi connectivity index (χ2n) is 5.65. The van der Waals surface area contributed by atoms with Gasteiger partial charge < -0.3 is 19.8 Å². The van der Waals surface area contributed by atoms with E-state index in [2.05, 4.69) is 25.3 Å². The van der Waals surface area contributed by atoms with E-state index >= 15 is 0 Å². The molecule has 2 aromatic rings. The number of aryl methyl sites for hydroxylation is 1. The molecule has 3 rings (SSSR count). The van der Waals surface area contributed by atoms with Crippen LogP contribution in [0.5, 0.6) is 0 Å². The highest BCUT2D eigenvalue weighted by atomic mass is 16.6. The van der Waals surface area contributed by atoms with Crippen LogP contribution in [0, 0.1) is 17.0 Å². The van der Waals surface area contributed by atoms with E-state index in [1.807, 2.05) is 4.90 Å². The Bertz CT molecular complexity index is 743. The van der Waals surface area contributed by atoms with Crippen LogP contribution in [-0.2, 0) is 0 Å². The number of anilines is 3. The van der Waals surface area contributed by atoms with Crippen molar-refractivity contribution in [3.8, 4) is 0 Å². The number of hydrogen-bond acceptors (Lipinski definition) is 10. The molecule has 134 valence electrons. The number of aliphatic hydroxyl groups is 1. The van der Waals surface area contributed by atoms with Crippen LogP contribution in [0.3, 0.4) is 0 Å². The lowest BCUT2D eigenvalue weighted by Gasteiger charge is -2.34. The van der Waals surface area contributed by atoms with Crippen molar-refractivity contribution in [2.75, 3.05) is 49.5 Å². The highest BCUT2D eigenvalue weighted by Gasteiger charge is 2.29. The summed E-state index contributed by atoms with van der Waals surface area (Å²) < 4.78 is 4.96. The average molecular weight is 349 g/mol. The van der Waals surface area contributed by atoms with Gasteiger partial charge in [0.15, 0.2) is 5.82 Å². The Kier molecular flexibility index (Phi) is 5.05. The average Bonchev–Trinajstić information content (AvgIpc) is 3.00. The summed E-state index contributed by atoms with van der Waals surface area (Å²) in [5.74, 6) is 1.27. The zero-order chi connectivity index (χ0) is 17.8. The molecule has 0 aromatic carbocycles. The third-order valence-electron chi connectivity index (χ3n) is 3.95. The van der Waals surface area contributed by atoms with Gasteiger partial charge in [0, 0.05) is 38.8 Å². The van der Waals surface area contributed by atoms with Gasteiger partial charge in [-0.25, -0.2) is 9.97 Å². The first-order chi connectivity index (χ1) is 12.1. The molecule has 0 saturated carbocycles. The van der Waals surface area contributed by atoms with Crippen molar-refractivity contribution in [3.05, 3.63) is 28.3 Å². The van der Waals surface area contributed by atoms with Gasteiger partial charge in [-0.15, -0.1) is 0 Å². The lowest BCUT2D eigenvalue weighted by atomic mass is 10.3. The molecule has 1 saturated heterocycles. The van der Waals surface area contributed by atoms with Crippen LogP contribution in [-0.4, -0.2) is 69.4 Å². The van der Waals surface area contributed by atoms with Gasteiger partial charge in [-0.1, -0.05) is 5.16 Å². The van der Waals surface area contributed by atoms with Gasteiger partial charge in [-0.05, 0) is 6.92 Å². The van der Waals surface area contributed by atoms with E-state index < -0.39 is 4.92 Å². The first kappa shape index (κ1) is 17.0. The van der Waals surface area contributed by atoms with Gasteiger partial charge in [0.1, 0.15) is 12.1 Å². The number of nitro groups is 1. The van der Waals surface area contributed by atoms with Crippen molar-refractivity contribution in [1.29, 1.82) is 0 Å². The van der Waals surface area contributed by atoms with Crippen LogP contribution in [0.1, 0.15) is 5.76 Å². The number of piperazine rings is 1. The summed E-state index contributed by atoms with van der Waals surface area (Å²) in [6.45, 7) is 4.99. The Balaban J connectivity index is 1.84. The number of nitrogens with zero attached hydrogens (tertiary/aromatic N) is 6. The fourth-order valence-electron chi connectivity index (χ4n) is 2.73. The van der Waals surface area contributed by atoms with E-state index in [0.29, 0.717) is 44.3 Å². The van der Waals surface area contributed by atoms with Crippen molar-refractivity contribution < 1.29 is 14.6 Å². The molecule has 11 nitrogen and oxygen atoms in total. The van der Waals surface area contributed by atoms with Crippen molar-refractivity contribution in [2.24, 2.45) is 0 Å². The fourth-order valence-corrected chi connectivity index (χ4v) is 2.73. The van der Waals surface area contributed by atoms with Crippen LogP contribution in [0.25, 0.3) is 0 Å². The normalized spacial score (nSPS) is 15.4. The summed E-state index contributed by atoms with van der Waals surface area (Å²) in [4.78, 5) is 23.2. The molecule has 1 fully saturated rings. The number of hydrogen-bond donors (Lipinski definition) is 2. The van der Waals surface area contributed by atoms with E-state index in [0.717, 1.165) is 0 Å². The largest absolute Gasteiger partial charge is 0.395 e. The van der Waals surface area contributed by atoms with Crippen molar-refractivity contribution in [1.82, 2.24) is 20.0 Å². The minimum atomic E-state index is -0.495. The number of β-amino-alcohol motifs (C(OH)–C–C–N with tert-alkyl or cyclic N) is 1. The maximum atomic E-state index is 11.6. The molecule has 3 heterocycles. The Morgan fingerprint density at radius 1 is 1.36 bits per heavy atom. The minimum absolute atomic E-state index is 0.0705. The van der Waals surface area contributed by atoms with Gasteiger partial charge in [-0.2, -0.15) is 0 Å². The summed E-state index contributed by atoms with van der Waals surface area (Å²) in [6, 6.07) is 1.62. The van der Waals surface area contributed by atoms with E-state index in [-0.39, 0.29) is 23.9 Å². The molecule has 0 bridgehead atoms. The molecule has 0 radical (unpaired) electrons. The van der Waals surface area contributed by atoms with E-state index in [1.165, 1.54) is 6.33 Å². The topological polar surface area (TPSA) is 134 Å². The maximum Gasteiger partial charge on any atom is 0.353 e. The van der Waals surface area contributed by atoms with Crippen LogP contribution < -0.4 is 10.2 Å². The fraction of sp³-hybridized carbons (Fsp3) is 0.500. The molecular formula is C14H19N7O4. The lowest BCUT2D eigenvalue weighted by Crippen LogP contribution is -2.47. The summed E-state index contributed by atoms with van der Waals surface area (Å²) in [5.41, 5.74) is -0.196. The second-order valence-corrected chi connectivity index (χ2v) is 5.65. The third kappa shape index (κ3) is 3.83. The highest BCUT2D eigenvalue weighted by Crippen LogP contribution is 2.33. The summed E-state index contributed by atoms with van der Waals surface area (Å²) in [6.07, 6.45) is 1.29. The SMILES string of the molecule is Cc1cc(Nc2ncnc(N3CCN(CCO)CC3)c2[N+](=O)[O-])no1. The molecule has 11 heteroatoms. The standard InChI is InChI=1S/C14H19N7O4/c1-10-8-11(18-25-10)17-13-12(21(23)24)14(16-9-15-13)20-4-2-19(3-5-20)6-7-22/h8-9,22H,2-7H2,1H3,(H,15,16,17,18). The van der Waals surface area contributed by atoms with Gasteiger partial charge >= 0.3 is 5.69 Å². The number of aromatic nitrogens is 3. The predicted molar refractivity (Wildman–Crippen MR) is 88.9 cm³/mol. The van der Waals surface area contributed by atoms with Crippen molar-refractivity contribution in [3.63, 3.8) is 0 Å². The van der Waals surface area contributed by atoms with Crippen molar-refractivity contribution in [2.45, 2.75) is 6.92 Å². The zero-order valence-corrected chi connectivity index (χ0v) is 13.8. The molecule has 1 aliphatic heterocycles. The summed E-state index contributed by atoms with van der Waals surface area (Å²) in [5, 5.41) is 27.2. The molecule has 25 heavy (non-hydrogen) atoms. The molecule has 2 N–H and O–H groups in total. The Morgan fingerprint density at radius 2 is 2.12 bits per heavy atom.